The monoisotopic (exact) mass is 269 g/mol. The highest BCUT2D eigenvalue weighted by Gasteiger charge is 2.33. The van der Waals surface area contributed by atoms with Crippen LogP contribution in [0.15, 0.2) is 0 Å². The van der Waals surface area contributed by atoms with Gasteiger partial charge in [0.1, 0.15) is 0 Å². The van der Waals surface area contributed by atoms with Gasteiger partial charge >= 0.3 is 5.97 Å². The van der Waals surface area contributed by atoms with E-state index in [0.717, 1.165) is 25.6 Å². The number of ether oxygens (including phenoxy) is 2. The van der Waals surface area contributed by atoms with Gasteiger partial charge in [-0.15, -0.1) is 0 Å². The van der Waals surface area contributed by atoms with E-state index in [9.17, 15) is 4.79 Å². The fraction of sp³-hybridized carbons (Fsp3) is 0.933. The predicted molar refractivity (Wildman–Crippen MR) is 74.0 cm³/mol. The van der Waals surface area contributed by atoms with Crippen molar-refractivity contribution in [3.63, 3.8) is 0 Å². The summed E-state index contributed by atoms with van der Waals surface area (Å²) in [6.45, 7) is 4.94. The van der Waals surface area contributed by atoms with Crippen LogP contribution in [0.5, 0.6) is 0 Å². The number of carbonyl (C=O) groups is 1. The van der Waals surface area contributed by atoms with Gasteiger partial charge in [-0.3, -0.25) is 9.69 Å². The summed E-state index contributed by atoms with van der Waals surface area (Å²) in [5.74, 6) is 0.660. The molecule has 0 radical (unpaired) electrons. The molecule has 1 heterocycles. The van der Waals surface area contributed by atoms with Gasteiger partial charge in [0.25, 0.3) is 0 Å². The zero-order valence-corrected chi connectivity index (χ0v) is 12.3. The lowest BCUT2D eigenvalue weighted by molar-refractivity contribution is -0.146. The van der Waals surface area contributed by atoms with Crippen molar-refractivity contribution < 1.29 is 14.3 Å². The molecule has 0 aromatic rings. The molecule has 0 bridgehead atoms. The van der Waals surface area contributed by atoms with E-state index in [1.54, 1.807) is 0 Å². The quantitative estimate of drug-likeness (QED) is 0.734. The molecule has 0 aromatic carbocycles. The third-order valence-corrected chi connectivity index (χ3v) is 4.65. The number of hydrogen-bond donors (Lipinski definition) is 0. The topological polar surface area (TPSA) is 38.8 Å². The zero-order chi connectivity index (χ0) is 13.7. The number of esters is 1. The van der Waals surface area contributed by atoms with Crippen LogP contribution in [0.3, 0.4) is 0 Å². The van der Waals surface area contributed by atoms with Gasteiger partial charge in [0.15, 0.2) is 0 Å². The van der Waals surface area contributed by atoms with Crippen molar-refractivity contribution in [2.75, 3.05) is 26.8 Å². The van der Waals surface area contributed by atoms with Crippen molar-refractivity contribution >= 4 is 5.97 Å². The lowest BCUT2D eigenvalue weighted by Crippen LogP contribution is -2.51. The Labute approximate surface area is 116 Å². The van der Waals surface area contributed by atoms with Gasteiger partial charge in [0, 0.05) is 19.1 Å². The van der Waals surface area contributed by atoms with Crippen LogP contribution in [0.4, 0.5) is 0 Å². The molecule has 1 saturated carbocycles. The first-order valence-corrected chi connectivity index (χ1v) is 7.67. The fourth-order valence-corrected chi connectivity index (χ4v) is 3.58. The van der Waals surface area contributed by atoms with E-state index in [1.807, 2.05) is 0 Å². The van der Waals surface area contributed by atoms with Crippen LogP contribution in [0.1, 0.15) is 45.4 Å². The number of morpholine rings is 1. The van der Waals surface area contributed by atoms with Gasteiger partial charge in [-0.1, -0.05) is 26.2 Å². The molecule has 3 atom stereocenters. The Bertz CT molecular complexity index is 295. The number of rotatable bonds is 4. The lowest BCUT2D eigenvalue weighted by atomic mass is 9.81. The molecule has 1 saturated heterocycles. The van der Waals surface area contributed by atoms with Crippen LogP contribution in [0.25, 0.3) is 0 Å². The van der Waals surface area contributed by atoms with Crippen molar-refractivity contribution in [1.82, 2.24) is 4.90 Å². The molecule has 110 valence electrons. The highest BCUT2D eigenvalue weighted by atomic mass is 16.5. The average molecular weight is 269 g/mol. The van der Waals surface area contributed by atoms with Crippen molar-refractivity contribution in [3.05, 3.63) is 0 Å². The number of hydrogen-bond acceptors (Lipinski definition) is 4. The van der Waals surface area contributed by atoms with E-state index < -0.39 is 0 Å². The molecule has 1 aliphatic heterocycles. The third-order valence-electron chi connectivity index (χ3n) is 4.65. The number of methoxy groups -OCH3 is 1. The Balaban J connectivity index is 1.90. The minimum Gasteiger partial charge on any atom is -0.469 e. The van der Waals surface area contributed by atoms with Crippen molar-refractivity contribution in [2.24, 2.45) is 5.92 Å². The maximum Gasteiger partial charge on any atom is 0.308 e. The Kier molecular flexibility index (Phi) is 5.64. The van der Waals surface area contributed by atoms with Gasteiger partial charge in [-0.05, 0) is 18.8 Å². The molecule has 0 aromatic heterocycles. The van der Waals surface area contributed by atoms with E-state index >= 15 is 0 Å². The zero-order valence-electron chi connectivity index (χ0n) is 12.3. The molecule has 2 rings (SSSR count). The minimum absolute atomic E-state index is 0.0145. The SMILES string of the molecule is CCC1CCCCC1N1CCOC(CC(=O)OC)C1. The molecule has 0 amide bonds. The summed E-state index contributed by atoms with van der Waals surface area (Å²) in [4.78, 5) is 13.9. The van der Waals surface area contributed by atoms with E-state index in [0.29, 0.717) is 12.5 Å². The molecule has 3 unspecified atom stereocenters. The first-order chi connectivity index (χ1) is 9.24. The maximum absolute atomic E-state index is 11.4. The van der Waals surface area contributed by atoms with E-state index in [-0.39, 0.29) is 12.1 Å². The Hall–Kier alpha value is -0.610. The first kappa shape index (κ1) is 14.8. The fourth-order valence-electron chi connectivity index (χ4n) is 3.58. The first-order valence-electron chi connectivity index (χ1n) is 7.67. The average Bonchev–Trinajstić information content (AvgIpc) is 2.47. The van der Waals surface area contributed by atoms with Crippen LogP contribution in [0.2, 0.25) is 0 Å². The Morgan fingerprint density at radius 1 is 1.37 bits per heavy atom. The van der Waals surface area contributed by atoms with E-state index in [1.165, 1.54) is 39.2 Å². The second-order valence-corrected chi connectivity index (χ2v) is 5.79. The standard InChI is InChI=1S/C15H27NO3/c1-3-12-6-4-5-7-14(12)16-8-9-19-13(11-16)10-15(17)18-2/h12-14H,3-11H2,1-2H3. The van der Waals surface area contributed by atoms with Gasteiger partial charge in [-0.25, -0.2) is 0 Å². The van der Waals surface area contributed by atoms with Crippen LogP contribution >= 0.6 is 0 Å². The summed E-state index contributed by atoms with van der Waals surface area (Å²) in [6, 6.07) is 0.697. The predicted octanol–water partition coefficient (Wildman–Crippen LogP) is 2.22. The minimum atomic E-state index is -0.164. The normalized spacial score (nSPS) is 33.1. The summed E-state index contributed by atoms with van der Waals surface area (Å²) in [6.07, 6.45) is 7.07. The molecule has 4 nitrogen and oxygen atoms in total. The van der Waals surface area contributed by atoms with Crippen molar-refractivity contribution in [2.45, 2.75) is 57.6 Å². The van der Waals surface area contributed by atoms with E-state index in [4.69, 9.17) is 9.47 Å². The highest BCUT2D eigenvalue weighted by molar-refractivity contribution is 5.69. The molecule has 4 heteroatoms. The highest BCUT2D eigenvalue weighted by Crippen LogP contribution is 2.31. The second kappa shape index (κ2) is 7.25. The van der Waals surface area contributed by atoms with Crippen LogP contribution in [-0.4, -0.2) is 49.8 Å². The van der Waals surface area contributed by atoms with Crippen molar-refractivity contribution in [3.8, 4) is 0 Å². The van der Waals surface area contributed by atoms with Gasteiger partial charge in [-0.2, -0.15) is 0 Å². The van der Waals surface area contributed by atoms with Gasteiger partial charge in [0.05, 0.1) is 26.2 Å². The van der Waals surface area contributed by atoms with Crippen LogP contribution in [0, 0.1) is 5.92 Å². The van der Waals surface area contributed by atoms with Crippen molar-refractivity contribution in [1.29, 1.82) is 0 Å². The molecule has 19 heavy (non-hydrogen) atoms. The van der Waals surface area contributed by atoms with Gasteiger partial charge in [0.2, 0.25) is 0 Å². The number of carbonyl (C=O) groups excluding carboxylic acids is 1. The second-order valence-electron chi connectivity index (χ2n) is 5.79. The Morgan fingerprint density at radius 3 is 2.89 bits per heavy atom. The Morgan fingerprint density at radius 2 is 2.16 bits per heavy atom. The smallest absolute Gasteiger partial charge is 0.308 e. The van der Waals surface area contributed by atoms with Gasteiger partial charge < -0.3 is 9.47 Å². The molecule has 0 N–H and O–H groups in total. The maximum atomic E-state index is 11.4. The largest absolute Gasteiger partial charge is 0.469 e. The third kappa shape index (κ3) is 3.93. The van der Waals surface area contributed by atoms with Crippen LogP contribution < -0.4 is 0 Å². The summed E-state index contributed by atoms with van der Waals surface area (Å²) in [5.41, 5.74) is 0. The lowest BCUT2D eigenvalue weighted by Gasteiger charge is -2.43. The summed E-state index contributed by atoms with van der Waals surface area (Å²) < 4.78 is 10.4. The molecule has 1 aliphatic carbocycles. The summed E-state index contributed by atoms with van der Waals surface area (Å²) >= 11 is 0. The van der Waals surface area contributed by atoms with E-state index in [2.05, 4.69) is 11.8 Å². The molecule has 0 spiro atoms. The van der Waals surface area contributed by atoms with Crippen LogP contribution in [-0.2, 0) is 14.3 Å². The summed E-state index contributed by atoms with van der Waals surface area (Å²) in [5, 5.41) is 0. The molecular weight excluding hydrogens is 242 g/mol. The summed E-state index contributed by atoms with van der Waals surface area (Å²) in [7, 11) is 1.44. The molecular formula is C15H27NO3. The molecule has 2 aliphatic rings. The molecule has 2 fully saturated rings. The number of nitrogens with zero attached hydrogens (tertiary/aromatic N) is 1.